The molecule has 0 radical (unpaired) electrons. The monoisotopic (exact) mass is 394 g/mol. The quantitative estimate of drug-likeness (QED) is 0.638. The predicted molar refractivity (Wildman–Crippen MR) is 111 cm³/mol. The van der Waals surface area contributed by atoms with Crippen LogP contribution in [0.4, 0.5) is 0 Å². The van der Waals surface area contributed by atoms with Gasteiger partial charge in [-0.1, -0.05) is 0 Å². The van der Waals surface area contributed by atoms with E-state index < -0.39 is 0 Å². The number of rotatable bonds is 6. The first-order valence-electron chi connectivity index (χ1n) is 9.85. The van der Waals surface area contributed by atoms with Crippen LogP contribution in [0.2, 0.25) is 0 Å². The summed E-state index contributed by atoms with van der Waals surface area (Å²) in [5, 5.41) is 0. The molecular formula is C22H26N4O3. The van der Waals surface area contributed by atoms with Crippen LogP contribution in [0.25, 0.3) is 22.3 Å². The molecule has 3 aromatic rings. The highest BCUT2D eigenvalue weighted by molar-refractivity contribution is 5.90. The second-order valence-electron chi connectivity index (χ2n) is 7.71. The highest BCUT2D eigenvalue weighted by Gasteiger charge is 2.34. The molecule has 0 unspecified atom stereocenters. The van der Waals surface area contributed by atoms with E-state index in [0.29, 0.717) is 29.6 Å². The average molecular weight is 394 g/mol. The zero-order valence-electron chi connectivity index (χ0n) is 17.5. The summed E-state index contributed by atoms with van der Waals surface area (Å²) in [5.41, 5.74) is 5.23. The fraction of sp³-hybridized carbons (Fsp3) is 0.455. The van der Waals surface area contributed by atoms with Crippen LogP contribution in [0.15, 0.2) is 23.1 Å². The third-order valence-corrected chi connectivity index (χ3v) is 5.61. The van der Waals surface area contributed by atoms with Crippen molar-refractivity contribution >= 4 is 11.0 Å². The summed E-state index contributed by atoms with van der Waals surface area (Å²) in [5.74, 6) is 1.06. The molecule has 0 saturated heterocycles. The lowest BCUT2D eigenvalue weighted by Gasteiger charge is -2.22. The molecule has 29 heavy (non-hydrogen) atoms. The first kappa shape index (κ1) is 19.5. The minimum absolute atomic E-state index is 0.00350. The summed E-state index contributed by atoms with van der Waals surface area (Å²) < 4.78 is 12.7. The van der Waals surface area contributed by atoms with Crippen LogP contribution < -0.4 is 10.3 Å². The number of ether oxygens (including phenoxy) is 2. The van der Waals surface area contributed by atoms with Gasteiger partial charge in [-0.2, -0.15) is 0 Å². The summed E-state index contributed by atoms with van der Waals surface area (Å²) in [6.07, 6.45) is 3.96. The maximum Gasteiger partial charge on any atom is 0.272 e. The van der Waals surface area contributed by atoms with E-state index in [9.17, 15) is 4.79 Å². The lowest BCUT2D eigenvalue weighted by Crippen LogP contribution is -2.31. The Morgan fingerprint density at radius 1 is 1.17 bits per heavy atom. The molecule has 7 heteroatoms. The molecule has 0 aliphatic heterocycles. The molecule has 1 atom stereocenters. The van der Waals surface area contributed by atoms with Crippen LogP contribution in [-0.2, 0) is 4.74 Å². The van der Waals surface area contributed by atoms with Gasteiger partial charge in [-0.15, -0.1) is 0 Å². The molecule has 1 aliphatic rings. The van der Waals surface area contributed by atoms with Gasteiger partial charge in [0, 0.05) is 24.4 Å². The molecule has 4 rings (SSSR count). The lowest BCUT2D eigenvalue weighted by atomic mass is 10.1. The van der Waals surface area contributed by atoms with Gasteiger partial charge in [0.25, 0.3) is 5.56 Å². The van der Waals surface area contributed by atoms with Crippen LogP contribution in [0.1, 0.15) is 35.8 Å². The Balaban J connectivity index is 2.00. The van der Waals surface area contributed by atoms with Gasteiger partial charge >= 0.3 is 0 Å². The van der Waals surface area contributed by atoms with E-state index in [2.05, 4.69) is 15.0 Å². The van der Waals surface area contributed by atoms with Crippen LogP contribution in [-0.4, -0.2) is 40.3 Å². The molecule has 0 amide bonds. The van der Waals surface area contributed by atoms with Crippen LogP contribution in [0.5, 0.6) is 5.88 Å². The minimum atomic E-state index is -0.0654. The molecule has 3 aromatic heterocycles. The molecule has 0 aromatic carbocycles. The summed E-state index contributed by atoms with van der Waals surface area (Å²) >= 11 is 0. The van der Waals surface area contributed by atoms with Gasteiger partial charge in [0.05, 0.1) is 36.7 Å². The molecule has 7 nitrogen and oxygen atoms in total. The number of aromatic nitrogens is 4. The second kappa shape index (κ2) is 7.55. The smallest absolute Gasteiger partial charge is 0.272 e. The van der Waals surface area contributed by atoms with Crippen LogP contribution in [0, 0.1) is 26.7 Å². The van der Waals surface area contributed by atoms with Gasteiger partial charge in [-0.25, -0.2) is 9.97 Å². The van der Waals surface area contributed by atoms with Crippen molar-refractivity contribution in [2.24, 2.45) is 5.92 Å². The molecule has 0 N–H and O–H groups in total. The summed E-state index contributed by atoms with van der Waals surface area (Å²) in [6.45, 7) is 6.15. The topological polar surface area (TPSA) is 79.1 Å². The predicted octanol–water partition coefficient (Wildman–Crippen LogP) is 3.38. The van der Waals surface area contributed by atoms with Crippen molar-refractivity contribution in [1.29, 1.82) is 0 Å². The molecule has 1 aliphatic carbocycles. The highest BCUT2D eigenvalue weighted by Crippen LogP contribution is 2.41. The first-order chi connectivity index (χ1) is 14.0. The number of aryl methyl sites for hydroxylation is 3. The number of hydrogen-bond acceptors (Lipinski definition) is 6. The Hall–Kier alpha value is -2.80. The number of methoxy groups -OCH3 is 2. The fourth-order valence-electron chi connectivity index (χ4n) is 3.98. The molecule has 0 bridgehead atoms. The summed E-state index contributed by atoms with van der Waals surface area (Å²) in [6, 6.07) is 3.89. The molecule has 1 fully saturated rings. The first-order valence-corrected chi connectivity index (χ1v) is 9.85. The second-order valence-corrected chi connectivity index (χ2v) is 7.71. The largest absolute Gasteiger partial charge is 0.481 e. The standard InChI is InChI=1S/C22H26N4O3/c1-12-10-16(13(2)25-21(12)29-5)19-20-17(8-9-23-19)26(22(27)14(3)24-20)18(11-28-4)15-6-7-15/h8-10,15,18H,6-7,11H2,1-5H3/t18-/m0/s1. The fourth-order valence-corrected chi connectivity index (χ4v) is 3.98. The normalized spacial score (nSPS) is 14.9. The molecule has 1 saturated carbocycles. The van der Waals surface area contributed by atoms with Gasteiger partial charge in [0.1, 0.15) is 11.2 Å². The van der Waals surface area contributed by atoms with E-state index in [4.69, 9.17) is 9.47 Å². The van der Waals surface area contributed by atoms with Crippen LogP contribution >= 0.6 is 0 Å². The van der Waals surface area contributed by atoms with Crippen molar-refractivity contribution in [2.75, 3.05) is 20.8 Å². The average Bonchev–Trinajstić information content (AvgIpc) is 3.54. The molecule has 0 spiro atoms. The van der Waals surface area contributed by atoms with Gasteiger partial charge in [-0.3, -0.25) is 14.3 Å². The summed E-state index contributed by atoms with van der Waals surface area (Å²) in [7, 11) is 3.29. The van der Waals surface area contributed by atoms with Gasteiger partial charge < -0.3 is 9.47 Å². The number of nitrogens with zero attached hydrogens (tertiary/aromatic N) is 4. The van der Waals surface area contributed by atoms with E-state index in [1.54, 1.807) is 27.3 Å². The lowest BCUT2D eigenvalue weighted by molar-refractivity contribution is 0.145. The van der Waals surface area contributed by atoms with Crippen molar-refractivity contribution in [3.63, 3.8) is 0 Å². The number of fused-ring (bicyclic) bond motifs is 1. The van der Waals surface area contributed by atoms with E-state index >= 15 is 0 Å². The van der Waals surface area contributed by atoms with Crippen molar-refractivity contribution in [3.8, 4) is 17.1 Å². The Bertz CT molecular complexity index is 1140. The third kappa shape index (κ3) is 3.40. The van der Waals surface area contributed by atoms with Crippen molar-refractivity contribution in [3.05, 3.63) is 45.6 Å². The number of hydrogen-bond donors (Lipinski definition) is 0. The van der Waals surface area contributed by atoms with Gasteiger partial charge in [0.2, 0.25) is 5.88 Å². The van der Waals surface area contributed by atoms with Crippen molar-refractivity contribution < 1.29 is 9.47 Å². The zero-order valence-corrected chi connectivity index (χ0v) is 17.5. The summed E-state index contributed by atoms with van der Waals surface area (Å²) in [4.78, 5) is 26.9. The Morgan fingerprint density at radius 3 is 2.59 bits per heavy atom. The Kier molecular flexibility index (Phi) is 5.08. The Morgan fingerprint density at radius 2 is 1.93 bits per heavy atom. The van der Waals surface area contributed by atoms with E-state index in [0.717, 1.165) is 40.9 Å². The van der Waals surface area contributed by atoms with Crippen molar-refractivity contribution in [2.45, 2.75) is 39.7 Å². The van der Waals surface area contributed by atoms with Crippen LogP contribution in [0.3, 0.4) is 0 Å². The number of pyridine rings is 2. The SMILES string of the molecule is COC[C@@H](C1CC1)n1c(=O)c(C)nc2c(-c3cc(C)c(OC)nc3C)nccc21. The molecule has 3 heterocycles. The molecule has 152 valence electrons. The maximum atomic E-state index is 13.1. The van der Waals surface area contributed by atoms with E-state index in [1.165, 1.54) is 0 Å². The van der Waals surface area contributed by atoms with Gasteiger partial charge in [-0.05, 0) is 51.7 Å². The maximum absolute atomic E-state index is 13.1. The minimum Gasteiger partial charge on any atom is -0.481 e. The van der Waals surface area contributed by atoms with Gasteiger partial charge in [0.15, 0.2) is 0 Å². The third-order valence-electron chi connectivity index (χ3n) is 5.61. The molecular weight excluding hydrogens is 368 g/mol. The zero-order chi connectivity index (χ0) is 20.7. The van der Waals surface area contributed by atoms with Crippen molar-refractivity contribution in [1.82, 2.24) is 19.5 Å². The highest BCUT2D eigenvalue weighted by atomic mass is 16.5. The Labute approximate surface area is 169 Å². The van der Waals surface area contributed by atoms with E-state index in [-0.39, 0.29) is 11.6 Å². The van der Waals surface area contributed by atoms with E-state index in [1.807, 2.05) is 30.5 Å².